The zero-order valence-corrected chi connectivity index (χ0v) is 16.7. The van der Waals surface area contributed by atoms with E-state index < -0.39 is 0 Å². The average molecular weight is 397 g/mol. The Balaban J connectivity index is 1.50. The number of methoxy groups -OCH3 is 1. The number of amides is 2. The van der Waals surface area contributed by atoms with Crippen molar-refractivity contribution in [3.8, 4) is 11.5 Å². The van der Waals surface area contributed by atoms with Crippen molar-refractivity contribution >= 4 is 11.8 Å². The number of carbonyl (C=O) groups is 2. The minimum atomic E-state index is -0.325. The quantitative estimate of drug-likeness (QED) is 0.727. The molecule has 0 atom stereocenters. The molecule has 1 aliphatic rings. The van der Waals surface area contributed by atoms with Crippen molar-refractivity contribution in [2.45, 2.75) is 25.7 Å². The number of carbonyl (C=O) groups excluding carboxylic acids is 2. The smallest absolute Gasteiger partial charge is 0.270 e. The number of nitrogens with one attached hydrogen (secondary N) is 1. The predicted octanol–water partition coefficient (Wildman–Crippen LogP) is 2.92. The van der Waals surface area contributed by atoms with Gasteiger partial charge in [-0.1, -0.05) is 12.8 Å². The first-order valence-corrected chi connectivity index (χ1v) is 9.98. The molecular formula is C22H27N3O4. The van der Waals surface area contributed by atoms with Crippen LogP contribution in [-0.4, -0.2) is 55.0 Å². The molecule has 1 aromatic carbocycles. The minimum Gasteiger partial charge on any atom is -0.497 e. The van der Waals surface area contributed by atoms with Crippen LogP contribution in [-0.2, 0) is 0 Å². The van der Waals surface area contributed by atoms with Gasteiger partial charge in [0.2, 0.25) is 0 Å². The van der Waals surface area contributed by atoms with Crippen LogP contribution in [0.2, 0.25) is 0 Å². The Morgan fingerprint density at radius 2 is 1.72 bits per heavy atom. The summed E-state index contributed by atoms with van der Waals surface area (Å²) in [5, 5.41) is 2.77. The van der Waals surface area contributed by atoms with E-state index in [2.05, 4.69) is 10.3 Å². The van der Waals surface area contributed by atoms with Crippen molar-refractivity contribution in [2.75, 3.05) is 33.4 Å². The number of pyridine rings is 1. The second-order valence-electron chi connectivity index (χ2n) is 6.92. The van der Waals surface area contributed by atoms with Gasteiger partial charge in [0.15, 0.2) is 0 Å². The number of nitrogens with zero attached hydrogens (tertiary/aromatic N) is 2. The molecule has 0 radical (unpaired) electrons. The van der Waals surface area contributed by atoms with E-state index in [0.717, 1.165) is 44.5 Å². The summed E-state index contributed by atoms with van der Waals surface area (Å²) in [5.41, 5.74) is 0.733. The lowest BCUT2D eigenvalue weighted by molar-refractivity contribution is 0.0761. The van der Waals surface area contributed by atoms with Crippen LogP contribution in [0.1, 0.15) is 46.5 Å². The van der Waals surface area contributed by atoms with Crippen LogP contribution in [0.3, 0.4) is 0 Å². The van der Waals surface area contributed by atoms with Gasteiger partial charge >= 0.3 is 0 Å². The molecule has 0 unspecified atom stereocenters. The molecule has 7 nitrogen and oxygen atoms in total. The molecular weight excluding hydrogens is 370 g/mol. The molecule has 1 saturated heterocycles. The number of rotatable bonds is 7. The molecule has 29 heavy (non-hydrogen) atoms. The van der Waals surface area contributed by atoms with Crippen molar-refractivity contribution in [3.63, 3.8) is 0 Å². The maximum atomic E-state index is 12.7. The average Bonchev–Trinajstić information content (AvgIpc) is 3.06. The van der Waals surface area contributed by atoms with E-state index in [1.54, 1.807) is 31.4 Å². The fourth-order valence-corrected chi connectivity index (χ4v) is 3.24. The van der Waals surface area contributed by atoms with E-state index in [1.807, 2.05) is 17.0 Å². The molecule has 2 heterocycles. The molecule has 1 aliphatic heterocycles. The molecule has 1 fully saturated rings. The molecule has 154 valence electrons. The Morgan fingerprint density at radius 1 is 1.03 bits per heavy atom. The van der Waals surface area contributed by atoms with Gasteiger partial charge in [0.05, 0.1) is 13.7 Å². The molecule has 1 N–H and O–H groups in total. The third kappa shape index (κ3) is 5.94. The summed E-state index contributed by atoms with van der Waals surface area (Å²) in [4.78, 5) is 31.1. The first kappa shape index (κ1) is 20.6. The van der Waals surface area contributed by atoms with Crippen molar-refractivity contribution in [3.05, 3.63) is 53.9 Å². The van der Waals surface area contributed by atoms with E-state index in [9.17, 15) is 9.59 Å². The van der Waals surface area contributed by atoms with Crippen LogP contribution < -0.4 is 14.8 Å². The van der Waals surface area contributed by atoms with Crippen LogP contribution in [0.15, 0.2) is 42.6 Å². The Bertz CT molecular complexity index is 815. The third-order valence-electron chi connectivity index (χ3n) is 4.85. The van der Waals surface area contributed by atoms with Crippen molar-refractivity contribution in [1.29, 1.82) is 0 Å². The second kappa shape index (κ2) is 10.5. The number of ether oxygens (including phenoxy) is 2. The largest absolute Gasteiger partial charge is 0.497 e. The van der Waals surface area contributed by atoms with Gasteiger partial charge in [-0.3, -0.25) is 14.6 Å². The standard InChI is InChI=1S/C22H27N3O4/c1-28-18-6-8-19(9-7-18)29-15-12-24-21(26)20-16-17(10-11-23-20)22(27)25-13-4-2-3-5-14-25/h6-11,16H,2-5,12-15H2,1H3,(H,24,26). The zero-order chi connectivity index (χ0) is 20.5. The topological polar surface area (TPSA) is 80.8 Å². The van der Waals surface area contributed by atoms with Crippen LogP contribution in [0, 0.1) is 0 Å². The summed E-state index contributed by atoms with van der Waals surface area (Å²) < 4.78 is 10.7. The lowest BCUT2D eigenvalue weighted by Gasteiger charge is -2.20. The van der Waals surface area contributed by atoms with Gasteiger partial charge in [0.1, 0.15) is 23.8 Å². The van der Waals surface area contributed by atoms with Gasteiger partial charge in [0, 0.05) is 24.8 Å². The summed E-state index contributed by atoms with van der Waals surface area (Å²) in [6, 6.07) is 10.5. The lowest BCUT2D eigenvalue weighted by atomic mass is 10.2. The summed E-state index contributed by atoms with van der Waals surface area (Å²) in [7, 11) is 1.61. The summed E-state index contributed by atoms with van der Waals surface area (Å²) in [6.45, 7) is 2.19. The predicted molar refractivity (Wildman–Crippen MR) is 109 cm³/mol. The lowest BCUT2D eigenvalue weighted by Crippen LogP contribution is -2.32. The maximum absolute atomic E-state index is 12.7. The van der Waals surface area contributed by atoms with Gasteiger partial charge in [-0.15, -0.1) is 0 Å². The molecule has 1 aromatic heterocycles. The number of likely N-dealkylation sites (tertiary alicyclic amines) is 1. The van der Waals surface area contributed by atoms with E-state index in [4.69, 9.17) is 9.47 Å². The highest BCUT2D eigenvalue weighted by Crippen LogP contribution is 2.17. The number of hydrogen-bond acceptors (Lipinski definition) is 5. The first-order valence-electron chi connectivity index (χ1n) is 9.98. The highest BCUT2D eigenvalue weighted by Gasteiger charge is 2.19. The Labute approximate surface area is 171 Å². The van der Waals surface area contributed by atoms with Crippen LogP contribution in [0.25, 0.3) is 0 Å². The number of hydrogen-bond donors (Lipinski definition) is 1. The summed E-state index contributed by atoms with van der Waals surface area (Å²) >= 11 is 0. The zero-order valence-electron chi connectivity index (χ0n) is 16.7. The van der Waals surface area contributed by atoms with Gasteiger partial charge in [0.25, 0.3) is 11.8 Å². The van der Waals surface area contributed by atoms with Crippen molar-refractivity contribution < 1.29 is 19.1 Å². The van der Waals surface area contributed by atoms with Gasteiger partial charge in [-0.2, -0.15) is 0 Å². The summed E-state index contributed by atoms with van der Waals surface area (Å²) in [6.07, 6.45) is 5.88. The Morgan fingerprint density at radius 3 is 2.41 bits per heavy atom. The van der Waals surface area contributed by atoms with Crippen molar-refractivity contribution in [1.82, 2.24) is 15.2 Å². The molecule has 0 saturated carbocycles. The molecule has 0 bridgehead atoms. The normalized spacial score (nSPS) is 14.0. The van der Waals surface area contributed by atoms with Gasteiger partial charge in [-0.25, -0.2) is 0 Å². The van der Waals surface area contributed by atoms with E-state index in [1.165, 1.54) is 6.20 Å². The Kier molecular flexibility index (Phi) is 7.44. The van der Waals surface area contributed by atoms with Crippen molar-refractivity contribution in [2.24, 2.45) is 0 Å². The highest BCUT2D eigenvalue weighted by atomic mass is 16.5. The fraction of sp³-hybridized carbons (Fsp3) is 0.409. The Hall–Kier alpha value is -3.09. The maximum Gasteiger partial charge on any atom is 0.270 e. The fourth-order valence-electron chi connectivity index (χ4n) is 3.24. The van der Waals surface area contributed by atoms with E-state index >= 15 is 0 Å². The molecule has 0 aliphatic carbocycles. The first-order chi connectivity index (χ1) is 14.2. The highest BCUT2D eigenvalue weighted by molar-refractivity contribution is 5.98. The van der Waals surface area contributed by atoms with Crippen LogP contribution in [0.4, 0.5) is 0 Å². The molecule has 2 aromatic rings. The molecule has 0 spiro atoms. The van der Waals surface area contributed by atoms with E-state index in [0.29, 0.717) is 24.5 Å². The van der Waals surface area contributed by atoms with Gasteiger partial charge in [-0.05, 0) is 49.2 Å². The SMILES string of the molecule is COc1ccc(OCCNC(=O)c2cc(C(=O)N3CCCCCC3)ccn2)cc1. The van der Waals surface area contributed by atoms with E-state index in [-0.39, 0.29) is 17.5 Å². The second-order valence-corrected chi connectivity index (χ2v) is 6.92. The third-order valence-corrected chi connectivity index (χ3v) is 4.85. The molecule has 2 amide bonds. The van der Waals surface area contributed by atoms with Crippen LogP contribution in [0.5, 0.6) is 11.5 Å². The van der Waals surface area contributed by atoms with Gasteiger partial charge < -0.3 is 19.7 Å². The monoisotopic (exact) mass is 397 g/mol. The van der Waals surface area contributed by atoms with Crippen LogP contribution >= 0.6 is 0 Å². The molecule has 7 heteroatoms. The molecule has 3 rings (SSSR count). The number of benzene rings is 1. The minimum absolute atomic E-state index is 0.0359. The summed E-state index contributed by atoms with van der Waals surface area (Å²) in [5.74, 6) is 1.09. The number of aromatic nitrogens is 1.